The van der Waals surface area contributed by atoms with Crippen molar-refractivity contribution >= 4 is 56.8 Å². The Bertz CT molecular complexity index is 2140. The van der Waals surface area contributed by atoms with Crippen molar-refractivity contribution in [1.82, 2.24) is 4.90 Å². The maximum atomic E-state index is 9.26. The Hall–Kier alpha value is -3.51. The van der Waals surface area contributed by atoms with Crippen molar-refractivity contribution in [2.75, 3.05) is 69.8 Å². The third-order valence-corrected chi connectivity index (χ3v) is 17.2. The van der Waals surface area contributed by atoms with Crippen LogP contribution in [0.4, 0.5) is 0 Å². The molecule has 72 heavy (non-hydrogen) atoms. The smallest absolute Gasteiger partial charge is 0.216 e. The molecule has 3 spiro atoms. The van der Waals surface area contributed by atoms with Gasteiger partial charge in [-0.25, -0.2) is 15.0 Å². The lowest BCUT2D eigenvalue weighted by Crippen LogP contribution is -2.35. The summed E-state index contributed by atoms with van der Waals surface area (Å²) in [5, 5.41) is 10.3. The maximum Gasteiger partial charge on any atom is 0.216 e. The molecule has 1 saturated heterocycles. The molecule has 3 saturated carbocycles. The number of halogens is 3. The van der Waals surface area contributed by atoms with E-state index in [4.69, 9.17) is 61.9 Å². The molecule has 4 heterocycles. The lowest BCUT2D eigenvalue weighted by atomic mass is 9.83. The van der Waals surface area contributed by atoms with Gasteiger partial charge in [0.05, 0.1) is 29.8 Å². The van der Waals surface area contributed by atoms with Crippen molar-refractivity contribution in [3.8, 4) is 17.2 Å². The van der Waals surface area contributed by atoms with E-state index in [0.717, 1.165) is 116 Å². The van der Waals surface area contributed by atoms with Crippen LogP contribution in [0.15, 0.2) is 87.8 Å². The Labute approximate surface area is 450 Å². The minimum absolute atomic E-state index is 0.0471. The van der Waals surface area contributed by atoms with Crippen molar-refractivity contribution < 1.29 is 28.8 Å². The first-order chi connectivity index (χ1) is 35.0. The minimum atomic E-state index is 0.0471. The van der Waals surface area contributed by atoms with Gasteiger partial charge in [0.2, 0.25) is 17.7 Å². The number of aliphatic imine (C=N–C) groups is 3. The second-order valence-corrected chi connectivity index (χ2v) is 23.1. The van der Waals surface area contributed by atoms with Crippen LogP contribution >= 0.6 is 39.1 Å². The Morgan fingerprint density at radius 2 is 0.861 bits per heavy atom. The summed E-state index contributed by atoms with van der Waals surface area (Å²) in [5.41, 5.74) is 3.24. The SMILES string of the molecule is CC(CCl)CBr.CC(CCl)COc1ccc(C2=NC3(CCCCC3)CO2)cc1.CC(COc1ccc(C2=NC3(CCCCC3)CO2)cc1)CN1CCCCC1.Oc1ccc(C2=NC3(CCCCC3)CO2)cc1. The molecule has 3 aromatic carbocycles. The number of piperidine rings is 1. The van der Waals surface area contributed by atoms with E-state index >= 15 is 0 Å². The molecule has 4 aliphatic heterocycles. The summed E-state index contributed by atoms with van der Waals surface area (Å²) in [6, 6.07) is 23.4. The number of phenols is 1. The minimum Gasteiger partial charge on any atom is -0.508 e. The number of hydrogen-bond acceptors (Lipinski definition) is 10. The Kier molecular flexibility index (Phi) is 22.2. The lowest BCUT2D eigenvalue weighted by Gasteiger charge is -2.29. The molecule has 3 unspecified atom stereocenters. The van der Waals surface area contributed by atoms with Gasteiger partial charge in [-0.05, 0) is 143 Å². The van der Waals surface area contributed by atoms with Crippen LogP contribution in [0, 0.1) is 17.8 Å². The number of benzene rings is 3. The van der Waals surface area contributed by atoms with Gasteiger partial charge in [-0.1, -0.05) is 101 Å². The number of rotatable bonds is 14. The van der Waals surface area contributed by atoms with Gasteiger partial charge in [0.25, 0.3) is 0 Å². The zero-order valence-electron chi connectivity index (χ0n) is 43.6. The molecular formula is C59H83BrCl2N4O6. The molecular weight excluding hydrogens is 1010 g/mol. The molecule has 0 radical (unpaired) electrons. The normalized spacial score (nSPS) is 21.8. The first kappa shape index (κ1) is 56.2. The molecule has 10 nitrogen and oxygen atoms in total. The quantitative estimate of drug-likeness (QED) is 0.160. The molecule has 3 aliphatic carbocycles. The van der Waals surface area contributed by atoms with E-state index in [-0.39, 0.29) is 22.4 Å². The van der Waals surface area contributed by atoms with Crippen molar-refractivity contribution in [2.24, 2.45) is 32.7 Å². The second kappa shape index (κ2) is 28.4. The largest absolute Gasteiger partial charge is 0.508 e. The van der Waals surface area contributed by atoms with Crippen LogP contribution in [-0.4, -0.2) is 114 Å². The Morgan fingerprint density at radius 1 is 0.514 bits per heavy atom. The molecule has 10 rings (SSSR count). The monoisotopic (exact) mass is 1090 g/mol. The zero-order valence-corrected chi connectivity index (χ0v) is 46.7. The molecule has 0 aromatic heterocycles. The number of ether oxygens (including phenoxy) is 5. The number of phenolic OH excluding ortho intramolecular Hbond substituents is 1. The number of aromatic hydroxyl groups is 1. The van der Waals surface area contributed by atoms with Gasteiger partial charge >= 0.3 is 0 Å². The van der Waals surface area contributed by atoms with Crippen LogP contribution in [0.2, 0.25) is 0 Å². The number of hydrogen-bond donors (Lipinski definition) is 1. The van der Waals surface area contributed by atoms with Crippen LogP contribution in [0.3, 0.4) is 0 Å². The van der Waals surface area contributed by atoms with Crippen molar-refractivity contribution in [2.45, 2.75) is 153 Å². The predicted molar refractivity (Wildman–Crippen MR) is 300 cm³/mol. The Balaban J connectivity index is 0.000000153. The standard InChI is InChI=1S/C23H34N2O2.C18H24ClNO2.C14H17NO2.C4H8BrCl/c1-19(16-25-14-6-3-7-15-25)17-26-21-10-8-20(9-11-21)22-24-23(18-27-22)12-4-2-5-13-23;1-14(11-19)12-21-16-7-5-15(6-8-16)17-20-18(13-22-17)9-3-2-4-10-18;16-12-6-4-11(5-7-12)13-15-14(10-17-13)8-2-1-3-9-14;1-4(2-5)3-6/h8-11,19H,2-7,12-18H2,1H3;5-8,14H,2-4,9-13H2,1H3;4-7,16H,1-3,8-10H2;4H,2-3H2,1H3. The maximum absolute atomic E-state index is 9.26. The molecule has 4 fully saturated rings. The van der Waals surface area contributed by atoms with E-state index in [1.54, 1.807) is 12.1 Å². The van der Waals surface area contributed by atoms with E-state index in [0.29, 0.717) is 30.2 Å². The highest BCUT2D eigenvalue weighted by Crippen LogP contribution is 2.39. The zero-order chi connectivity index (χ0) is 50.7. The van der Waals surface area contributed by atoms with Crippen LogP contribution in [0.5, 0.6) is 17.2 Å². The van der Waals surface area contributed by atoms with Gasteiger partial charge in [0.1, 0.15) is 37.1 Å². The Morgan fingerprint density at radius 3 is 1.21 bits per heavy atom. The second-order valence-electron chi connectivity index (χ2n) is 21.8. The van der Waals surface area contributed by atoms with Crippen molar-refractivity contribution in [3.05, 3.63) is 89.5 Å². The third-order valence-electron chi connectivity index (χ3n) is 15.0. The highest BCUT2D eigenvalue weighted by atomic mass is 79.9. The molecule has 0 amide bonds. The van der Waals surface area contributed by atoms with Gasteiger partial charge in [0.15, 0.2) is 0 Å². The number of nitrogens with zero attached hydrogens (tertiary/aromatic N) is 4. The molecule has 0 bridgehead atoms. The summed E-state index contributed by atoms with van der Waals surface area (Å²) in [7, 11) is 0. The van der Waals surface area contributed by atoms with Crippen LogP contribution < -0.4 is 9.47 Å². The summed E-state index contributed by atoms with van der Waals surface area (Å²) in [6.45, 7) is 13.8. The van der Waals surface area contributed by atoms with E-state index < -0.39 is 0 Å². The molecule has 3 atom stereocenters. The molecule has 7 aliphatic rings. The van der Waals surface area contributed by atoms with Gasteiger partial charge in [0, 0.05) is 52.2 Å². The summed E-state index contributed by atoms with van der Waals surface area (Å²) < 4.78 is 29.3. The van der Waals surface area contributed by atoms with Crippen LogP contribution in [0.25, 0.3) is 0 Å². The summed E-state index contributed by atoms with van der Waals surface area (Å²) in [6.07, 6.45) is 22.7. The van der Waals surface area contributed by atoms with E-state index in [1.807, 2.05) is 36.4 Å². The fourth-order valence-electron chi connectivity index (χ4n) is 10.5. The summed E-state index contributed by atoms with van der Waals surface area (Å²) in [5.74, 6) is 7.34. The number of alkyl halides is 3. The van der Waals surface area contributed by atoms with E-state index in [9.17, 15) is 5.11 Å². The van der Waals surface area contributed by atoms with Crippen LogP contribution in [0.1, 0.15) is 153 Å². The van der Waals surface area contributed by atoms with Gasteiger partial charge in [-0.2, -0.15) is 0 Å². The number of likely N-dealkylation sites (tertiary alicyclic amines) is 1. The molecule has 396 valence electrons. The van der Waals surface area contributed by atoms with Crippen molar-refractivity contribution in [3.63, 3.8) is 0 Å². The van der Waals surface area contributed by atoms with Gasteiger partial charge < -0.3 is 33.7 Å². The fraction of sp³-hybridized carbons (Fsp3) is 0.644. The van der Waals surface area contributed by atoms with Crippen LogP contribution in [-0.2, 0) is 14.2 Å². The van der Waals surface area contributed by atoms with Crippen molar-refractivity contribution in [1.29, 1.82) is 0 Å². The summed E-state index contributed by atoms with van der Waals surface area (Å²) >= 11 is 14.5. The predicted octanol–water partition coefficient (Wildman–Crippen LogP) is 14.2. The van der Waals surface area contributed by atoms with Gasteiger partial charge in [-0.3, -0.25) is 0 Å². The molecule has 13 heteroatoms. The first-order valence-corrected chi connectivity index (χ1v) is 29.5. The summed E-state index contributed by atoms with van der Waals surface area (Å²) in [4.78, 5) is 17.2. The van der Waals surface area contributed by atoms with Gasteiger partial charge in [-0.15, -0.1) is 23.2 Å². The third kappa shape index (κ3) is 17.0. The molecule has 3 aromatic rings. The highest BCUT2D eigenvalue weighted by molar-refractivity contribution is 9.09. The van der Waals surface area contributed by atoms with E-state index in [2.05, 4.69) is 65.9 Å². The molecule has 1 N–H and O–H groups in total. The topological polar surface area (TPSA) is 107 Å². The first-order valence-electron chi connectivity index (χ1n) is 27.4. The van der Waals surface area contributed by atoms with E-state index in [1.165, 1.54) is 103 Å². The lowest BCUT2D eigenvalue weighted by molar-refractivity contribution is 0.165. The average molecular weight is 1100 g/mol. The fourth-order valence-corrected chi connectivity index (χ4v) is 11.2. The highest BCUT2D eigenvalue weighted by Gasteiger charge is 2.40. The average Bonchev–Trinajstić information content (AvgIpc) is 4.16.